The SMILES string of the molecule is COc1cccc(C2=N/C(=C\c3cc(Br)ccc3OC(=O)c3ccc(Cl)cc3Cl)C(=O)O2)c1. The van der Waals surface area contributed by atoms with Crippen molar-refractivity contribution >= 4 is 63.0 Å². The number of hydrogen-bond acceptors (Lipinski definition) is 6. The van der Waals surface area contributed by atoms with Crippen molar-refractivity contribution in [2.45, 2.75) is 0 Å². The van der Waals surface area contributed by atoms with E-state index in [9.17, 15) is 9.59 Å². The fourth-order valence-electron chi connectivity index (χ4n) is 2.97. The van der Waals surface area contributed by atoms with Gasteiger partial charge in [0.25, 0.3) is 0 Å². The molecule has 9 heteroatoms. The van der Waals surface area contributed by atoms with Gasteiger partial charge in [-0.1, -0.05) is 45.2 Å². The molecule has 6 nitrogen and oxygen atoms in total. The molecule has 1 aliphatic heterocycles. The Bertz CT molecular complexity index is 1340. The van der Waals surface area contributed by atoms with Crippen LogP contribution in [0.5, 0.6) is 11.5 Å². The number of halogens is 3. The second-order valence-corrected chi connectivity index (χ2v) is 8.52. The van der Waals surface area contributed by atoms with Crippen LogP contribution in [0.25, 0.3) is 6.08 Å². The summed E-state index contributed by atoms with van der Waals surface area (Å²) in [5, 5.41) is 0.562. The van der Waals surface area contributed by atoms with E-state index in [2.05, 4.69) is 20.9 Å². The van der Waals surface area contributed by atoms with E-state index >= 15 is 0 Å². The van der Waals surface area contributed by atoms with Crippen molar-refractivity contribution in [3.05, 3.63) is 97.6 Å². The lowest BCUT2D eigenvalue weighted by atomic mass is 10.1. The molecule has 3 aromatic rings. The first-order valence-corrected chi connectivity index (χ1v) is 11.0. The Morgan fingerprint density at radius 3 is 2.67 bits per heavy atom. The Morgan fingerprint density at radius 2 is 1.91 bits per heavy atom. The maximum atomic E-state index is 12.7. The summed E-state index contributed by atoms with van der Waals surface area (Å²) in [6, 6.07) is 16.4. The number of hydrogen-bond donors (Lipinski definition) is 0. The normalized spacial score (nSPS) is 14.1. The number of esters is 2. The fourth-order valence-corrected chi connectivity index (χ4v) is 3.84. The van der Waals surface area contributed by atoms with Crippen molar-refractivity contribution in [3.63, 3.8) is 0 Å². The standard InChI is InChI=1S/C24H14BrCl2NO5/c1-31-17-4-2-3-13(10-17)22-28-20(24(30)33-22)11-14-9-15(25)5-8-21(14)32-23(29)18-7-6-16(26)12-19(18)27/h2-12H,1H3/b20-11-. The van der Waals surface area contributed by atoms with Crippen LogP contribution in [0, 0.1) is 0 Å². The molecule has 0 N–H and O–H groups in total. The molecule has 0 bridgehead atoms. The number of ether oxygens (including phenoxy) is 3. The van der Waals surface area contributed by atoms with Crippen LogP contribution in [0.4, 0.5) is 0 Å². The maximum Gasteiger partial charge on any atom is 0.363 e. The Balaban J connectivity index is 1.66. The van der Waals surface area contributed by atoms with Crippen molar-refractivity contribution < 1.29 is 23.8 Å². The molecule has 166 valence electrons. The van der Waals surface area contributed by atoms with Gasteiger partial charge in [-0.05, 0) is 60.7 Å². The van der Waals surface area contributed by atoms with Gasteiger partial charge in [0.1, 0.15) is 11.5 Å². The van der Waals surface area contributed by atoms with E-state index in [-0.39, 0.29) is 27.9 Å². The molecule has 0 atom stereocenters. The van der Waals surface area contributed by atoms with Gasteiger partial charge in [-0.3, -0.25) is 0 Å². The predicted molar refractivity (Wildman–Crippen MR) is 129 cm³/mol. The lowest BCUT2D eigenvalue weighted by molar-refractivity contribution is -0.129. The van der Waals surface area contributed by atoms with Gasteiger partial charge < -0.3 is 14.2 Å². The van der Waals surface area contributed by atoms with Crippen LogP contribution in [-0.2, 0) is 9.53 Å². The topological polar surface area (TPSA) is 74.2 Å². The molecule has 0 radical (unpaired) electrons. The van der Waals surface area contributed by atoms with Gasteiger partial charge in [-0.2, -0.15) is 0 Å². The summed E-state index contributed by atoms with van der Waals surface area (Å²) in [6.45, 7) is 0. The maximum absolute atomic E-state index is 12.7. The number of rotatable bonds is 5. The molecule has 0 fully saturated rings. The van der Waals surface area contributed by atoms with Gasteiger partial charge in [-0.25, -0.2) is 14.6 Å². The third-order valence-corrected chi connectivity index (χ3v) is 5.60. The predicted octanol–water partition coefficient (Wildman–Crippen LogP) is 6.33. The highest BCUT2D eigenvalue weighted by molar-refractivity contribution is 9.10. The summed E-state index contributed by atoms with van der Waals surface area (Å²) in [4.78, 5) is 29.4. The Hall–Kier alpha value is -3.13. The molecular formula is C24H14BrCl2NO5. The summed E-state index contributed by atoms with van der Waals surface area (Å²) < 4.78 is 16.8. The average Bonchev–Trinajstić information content (AvgIpc) is 3.15. The molecule has 0 aromatic heterocycles. The molecule has 0 saturated heterocycles. The Kier molecular flexibility index (Phi) is 6.83. The zero-order valence-electron chi connectivity index (χ0n) is 17.0. The summed E-state index contributed by atoms with van der Waals surface area (Å²) >= 11 is 15.4. The highest BCUT2D eigenvalue weighted by Gasteiger charge is 2.25. The van der Waals surface area contributed by atoms with Crippen LogP contribution in [0.15, 0.2) is 75.8 Å². The van der Waals surface area contributed by atoms with E-state index in [0.29, 0.717) is 26.4 Å². The molecule has 0 unspecified atom stereocenters. The zero-order chi connectivity index (χ0) is 23.5. The first-order valence-electron chi connectivity index (χ1n) is 9.48. The largest absolute Gasteiger partial charge is 0.497 e. The number of carbonyl (C=O) groups is 2. The molecule has 33 heavy (non-hydrogen) atoms. The summed E-state index contributed by atoms with van der Waals surface area (Å²) in [5.41, 5.74) is 1.23. The van der Waals surface area contributed by atoms with Gasteiger partial charge in [0.2, 0.25) is 5.90 Å². The van der Waals surface area contributed by atoms with Crippen LogP contribution < -0.4 is 9.47 Å². The first kappa shape index (κ1) is 23.0. The number of benzene rings is 3. The van der Waals surface area contributed by atoms with Crippen molar-refractivity contribution in [2.24, 2.45) is 4.99 Å². The van der Waals surface area contributed by atoms with Crippen LogP contribution in [0.2, 0.25) is 10.0 Å². The monoisotopic (exact) mass is 545 g/mol. The van der Waals surface area contributed by atoms with E-state index in [1.807, 2.05) is 0 Å². The van der Waals surface area contributed by atoms with E-state index in [0.717, 1.165) is 0 Å². The van der Waals surface area contributed by atoms with Crippen molar-refractivity contribution in [1.29, 1.82) is 0 Å². The van der Waals surface area contributed by atoms with Crippen LogP contribution in [0.3, 0.4) is 0 Å². The molecule has 3 aromatic carbocycles. The summed E-state index contributed by atoms with van der Waals surface area (Å²) in [7, 11) is 1.54. The number of aliphatic imine (C=N–C) groups is 1. The molecule has 1 aliphatic rings. The Morgan fingerprint density at radius 1 is 1.09 bits per heavy atom. The smallest absolute Gasteiger partial charge is 0.363 e. The third-order valence-electron chi connectivity index (χ3n) is 4.55. The molecule has 0 aliphatic carbocycles. The van der Waals surface area contributed by atoms with Gasteiger partial charge in [-0.15, -0.1) is 0 Å². The summed E-state index contributed by atoms with van der Waals surface area (Å²) in [6.07, 6.45) is 1.48. The number of cyclic esters (lactones) is 1. The minimum atomic E-state index is -0.673. The van der Waals surface area contributed by atoms with Crippen molar-refractivity contribution in [3.8, 4) is 11.5 Å². The number of carbonyl (C=O) groups excluding carboxylic acids is 2. The average molecular weight is 547 g/mol. The van der Waals surface area contributed by atoms with Crippen molar-refractivity contribution in [2.75, 3.05) is 7.11 Å². The molecule has 1 heterocycles. The highest BCUT2D eigenvalue weighted by Crippen LogP contribution is 2.30. The molecular weight excluding hydrogens is 533 g/mol. The van der Waals surface area contributed by atoms with Crippen LogP contribution in [-0.4, -0.2) is 24.9 Å². The summed E-state index contributed by atoms with van der Waals surface area (Å²) in [5.74, 6) is -0.351. The van der Waals surface area contributed by atoms with Crippen molar-refractivity contribution in [1.82, 2.24) is 0 Å². The minimum Gasteiger partial charge on any atom is -0.497 e. The van der Waals surface area contributed by atoms with Gasteiger partial charge in [0, 0.05) is 20.6 Å². The molecule has 0 spiro atoms. The molecule has 4 rings (SSSR count). The van der Waals surface area contributed by atoms with Gasteiger partial charge in [0.05, 0.1) is 17.7 Å². The highest BCUT2D eigenvalue weighted by atomic mass is 79.9. The second kappa shape index (κ2) is 9.79. The first-order chi connectivity index (χ1) is 15.8. The van der Waals surface area contributed by atoms with Gasteiger partial charge >= 0.3 is 11.9 Å². The lowest BCUT2D eigenvalue weighted by Crippen LogP contribution is -2.10. The van der Waals surface area contributed by atoms with Gasteiger partial charge in [0.15, 0.2) is 5.70 Å². The second-order valence-electron chi connectivity index (χ2n) is 6.76. The van der Waals surface area contributed by atoms with E-state index in [1.165, 1.54) is 24.3 Å². The Labute approximate surface area is 207 Å². The number of methoxy groups -OCH3 is 1. The van der Waals surface area contributed by atoms with E-state index in [1.54, 1.807) is 49.6 Å². The third kappa shape index (κ3) is 5.27. The van der Waals surface area contributed by atoms with E-state index < -0.39 is 11.9 Å². The lowest BCUT2D eigenvalue weighted by Gasteiger charge is -2.09. The quantitative estimate of drug-likeness (QED) is 0.212. The van der Waals surface area contributed by atoms with Crippen LogP contribution in [0.1, 0.15) is 21.5 Å². The zero-order valence-corrected chi connectivity index (χ0v) is 20.1. The number of nitrogens with zero attached hydrogens (tertiary/aromatic N) is 1. The fraction of sp³-hybridized carbons (Fsp3) is 0.0417. The minimum absolute atomic E-state index is 0.0488. The molecule has 0 saturated carbocycles. The molecule has 0 amide bonds. The van der Waals surface area contributed by atoms with Crippen LogP contribution >= 0.6 is 39.1 Å². The van der Waals surface area contributed by atoms with E-state index in [4.69, 9.17) is 37.4 Å².